The Kier molecular flexibility index (Phi) is 6.23. The van der Waals surface area contributed by atoms with E-state index < -0.39 is 10.1 Å². The quantitative estimate of drug-likeness (QED) is 0.539. The highest BCUT2D eigenvalue weighted by Gasteiger charge is 2.09. The molecule has 0 fully saturated rings. The Bertz CT molecular complexity index is 766. The fraction of sp³-hybridized carbons (Fsp3) is 0.333. The van der Waals surface area contributed by atoms with Crippen LogP contribution in [0, 0.1) is 0 Å². The van der Waals surface area contributed by atoms with Gasteiger partial charge in [-0.1, -0.05) is 26.2 Å². The molecule has 0 aliphatic heterocycles. The minimum Gasteiger partial charge on any atom is -0.508 e. The number of hydrogen-bond acceptors (Lipinski definition) is 4. The van der Waals surface area contributed by atoms with E-state index in [2.05, 4.69) is 6.92 Å². The van der Waals surface area contributed by atoms with Gasteiger partial charge in [0.1, 0.15) is 17.2 Å². The monoisotopic (exact) mass is 350 g/mol. The zero-order valence-electron chi connectivity index (χ0n) is 13.6. The lowest BCUT2D eigenvalue weighted by atomic mass is 10.1. The summed E-state index contributed by atoms with van der Waals surface area (Å²) in [5.41, 5.74) is 0.832. The maximum absolute atomic E-state index is 11.0. The lowest BCUT2D eigenvalue weighted by Crippen LogP contribution is -1.97. The van der Waals surface area contributed by atoms with E-state index in [1.165, 1.54) is 30.7 Å². The number of unbranched alkanes of at least 4 members (excludes halogenated alkanes) is 3. The van der Waals surface area contributed by atoms with Crippen LogP contribution in [0.25, 0.3) is 0 Å². The summed E-state index contributed by atoms with van der Waals surface area (Å²) >= 11 is 0. The molecule has 2 rings (SSSR count). The van der Waals surface area contributed by atoms with Crippen molar-refractivity contribution in [3.8, 4) is 17.2 Å². The summed E-state index contributed by atoms with van der Waals surface area (Å²) in [4.78, 5) is -0.183. The number of ether oxygens (including phenoxy) is 1. The Morgan fingerprint density at radius 2 is 1.62 bits per heavy atom. The first-order chi connectivity index (χ1) is 11.4. The van der Waals surface area contributed by atoms with Crippen LogP contribution in [-0.4, -0.2) is 18.1 Å². The van der Waals surface area contributed by atoms with Crippen LogP contribution in [0.2, 0.25) is 0 Å². The third-order valence-electron chi connectivity index (χ3n) is 3.71. The Morgan fingerprint density at radius 1 is 0.958 bits per heavy atom. The largest absolute Gasteiger partial charge is 0.508 e. The fourth-order valence-corrected chi connectivity index (χ4v) is 2.86. The summed E-state index contributed by atoms with van der Waals surface area (Å²) in [5, 5.41) is 9.93. The lowest BCUT2D eigenvalue weighted by Gasteiger charge is -2.10. The molecule has 0 amide bonds. The molecule has 0 radical (unpaired) electrons. The third-order valence-corrected chi connectivity index (χ3v) is 4.58. The summed E-state index contributed by atoms with van der Waals surface area (Å²) in [7, 11) is -4.21. The van der Waals surface area contributed by atoms with Crippen molar-refractivity contribution in [3.05, 3.63) is 48.0 Å². The molecule has 0 aliphatic rings. The normalized spacial score (nSPS) is 11.4. The minimum atomic E-state index is -4.21. The topological polar surface area (TPSA) is 83.8 Å². The van der Waals surface area contributed by atoms with Crippen molar-refractivity contribution < 1.29 is 22.8 Å². The number of aromatic hydroxyl groups is 1. The van der Waals surface area contributed by atoms with E-state index >= 15 is 0 Å². The van der Waals surface area contributed by atoms with E-state index in [4.69, 9.17) is 9.29 Å². The molecule has 0 saturated carbocycles. The Hall–Kier alpha value is -2.05. The first kappa shape index (κ1) is 18.3. The zero-order chi connectivity index (χ0) is 17.6. The highest BCUT2D eigenvalue weighted by Crippen LogP contribution is 2.28. The van der Waals surface area contributed by atoms with Crippen molar-refractivity contribution in [3.63, 3.8) is 0 Å². The summed E-state index contributed by atoms with van der Waals surface area (Å²) in [6, 6.07) is 10.5. The van der Waals surface area contributed by atoms with Crippen molar-refractivity contribution in [1.82, 2.24) is 0 Å². The van der Waals surface area contributed by atoms with Crippen LogP contribution in [0.3, 0.4) is 0 Å². The van der Waals surface area contributed by atoms with Gasteiger partial charge < -0.3 is 9.84 Å². The fourth-order valence-electron chi connectivity index (χ4n) is 2.38. The highest BCUT2D eigenvalue weighted by atomic mass is 32.2. The molecule has 5 nitrogen and oxygen atoms in total. The van der Waals surface area contributed by atoms with E-state index in [1.807, 2.05) is 0 Å². The molecule has 0 bridgehead atoms. The highest BCUT2D eigenvalue weighted by molar-refractivity contribution is 7.85. The van der Waals surface area contributed by atoms with Crippen LogP contribution in [-0.2, 0) is 16.5 Å². The maximum Gasteiger partial charge on any atom is 0.294 e. The van der Waals surface area contributed by atoms with E-state index in [-0.39, 0.29) is 10.6 Å². The van der Waals surface area contributed by atoms with Crippen molar-refractivity contribution in [2.24, 2.45) is 0 Å². The summed E-state index contributed by atoms with van der Waals surface area (Å²) in [6.07, 6.45) is 5.25. The van der Waals surface area contributed by atoms with Crippen molar-refractivity contribution in [1.29, 1.82) is 0 Å². The van der Waals surface area contributed by atoms with Gasteiger partial charge >= 0.3 is 0 Å². The van der Waals surface area contributed by atoms with Gasteiger partial charge in [0.2, 0.25) is 0 Å². The molecule has 0 spiro atoms. The molecule has 0 unspecified atom stereocenters. The van der Waals surface area contributed by atoms with Crippen LogP contribution in [0.15, 0.2) is 47.4 Å². The molecular formula is C18H22O5S. The standard InChI is InChI=1S/C18H22O5S/c1-2-3-4-5-6-14-13-16(9-12-18(14)19)23-15-7-10-17(11-8-15)24(20,21)22/h7-13,19H,2-6H2,1H3,(H,20,21,22). The average Bonchev–Trinajstić information content (AvgIpc) is 2.54. The second-order valence-electron chi connectivity index (χ2n) is 5.65. The molecule has 24 heavy (non-hydrogen) atoms. The molecule has 2 N–H and O–H groups in total. The molecule has 6 heteroatoms. The Balaban J connectivity index is 2.07. The number of phenols is 1. The number of rotatable bonds is 8. The lowest BCUT2D eigenvalue weighted by molar-refractivity contribution is 0.455. The maximum atomic E-state index is 11.0. The first-order valence-electron chi connectivity index (χ1n) is 7.97. The van der Waals surface area contributed by atoms with Gasteiger partial charge in [-0.25, -0.2) is 0 Å². The molecule has 0 heterocycles. The molecule has 2 aromatic rings. The second kappa shape index (κ2) is 8.17. The van der Waals surface area contributed by atoms with Crippen molar-refractivity contribution >= 4 is 10.1 Å². The van der Waals surface area contributed by atoms with Crippen LogP contribution >= 0.6 is 0 Å². The second-order valence-corrected chi connectivity index (χ2v) is 7.07. The van der Waals surface area contributed by atoms with E-state index in [1.54, 1.807) is 18.2 Å². The molecule has 2 aromatic carbocycles. The summed E-state index contributed by atoms with van der Waals surface area (Å²) in [6.45, 7) is 2.15. The van der Waals surface area contributed by atoms with Crippen LogP contribution in [0.4, 0.5) is 0 Å². The predicted octanol–water partition coefficient (Wildman–Crippen LogP) is 4.55. The van der Waals surface area contributed by atoms with Crippen molar-refractivity contribution in [2.75, 3.05) is 0 Å². The van der Waals surface area contributed by atoms with Gasteiger partial charge in [-0.3, -0.25) is 4.55 Å². The number of hydrogen-bond donors (Lipinski definition) is 2. The van der Waals surface area contributed by atoms with Gasteiger partial charge in [0.15, 0.2) is 0 Å². The van der Waals surface area contributed by atoms with E-state index in [9.17, 15) is 13.5 Å². The smallest absolute Gasteiger partial charge is 0.294 e. The molecule has 0 atom stereocenters. The molecule has 0 aromatic heterocycles. The summed E-state index contributed by atoms with van der Waals surface area (Å²) < 4.78 is 36.7. The minimum absolute atomic E-state index is 0.183. The van der Waals surface area contributed by atoms with Crippen LogP contribution in [0.1, 0.15) is 38.2 Å². The van der Waals surface area contributed by atoms with Crippen LogP contribution < -0.4 is 4.74 Å². The van der Waals surface area contributed by atoms with E-state index in [0.29, 0.717) is 11.5 Å². The predicted molar refractivity (Wildman–Crippen MR) is 92.3 cm³/mol. The van der Waals surface area contributed by atoms with Gasteiger partial charge in [0, 0.05) is 0 Å². The third kappa shape index (κ3) is 5.25. The number of phenolic OH excluding ortho intramolecular Hbond substituents is 1. The zero-order valence-corrected chi connectivity index (χ0v) is 14.4. The average molecular weight is 350 g/mol. The Morgan fingerprint density at radius 3 is 2.25 bits per heavy atom. The SMILES string of the molecule is CCCCCCc1cc(Oc2ccc(S(=O)(=O)O)cc2)ccc1O. The summed E-state index contributed by atoms with van der Waals surface area (Å²) in [5.74, 6) is 1.27. The molecular weight excluding hydrogens is 328 g/mol. The molecule has 0 saturated heterocycles. The van der Waals surface area contributed by atoms with Crippen LogP contribution in [0.5, 0.6) is 17.2 Å². The van der Waals surface area contributed by atoms with Gasteiger partial charge in [-0.05, 0) is 60.9 Å². The first-order valence-corrected chi connectivity index (χ1v) is 9.41. The van der Waals surface area contributed by atoms with Gasteiger partial charge in [0.25, 0.3) is 10.1 Å². The Labute approximate surface area is 142 Å². The van der Waals surface area contributed by atoms with Gasteiger partial charge in [-0.2, -0.15) is 8.42 Å². The van der Waals surface area contributed by atoms with Crippen molar-refractivity contribution in [2.45, 2.75) is 43.9 Å². The van der Waals surface area contributed by atoms with Gasteiger partial charge in [0.05, 0.1) is 4.90 Å². The number of benzene rings is 2. The van der Waals surface area contributed by atoms with E-state index in [0.717, 1.165) is 31.2 Å². The number of aryl methyl sites for hydroxylation is 1. The molecule has 0 aliphatic carbocycles. The van der Waals surface area contributed by atoms with Gasteiger partial charge in [-0.15, -0.1) is 0 Å². The molecule has 130 valence electrons.